The predicted molar refractivity (Wildman–Crippen MR) is 104 cm³/mol. The molecule has 0 radical (unpaired) electrons. The summed E-state index contributed by atoms with van der Waals surface area (Å²) in [4.78, 5) is 19.4. The molecule has 0 bridgehead atoms. The Morgan fingerprint density at radius 2 is 1.74 bits per heavy atom. The second-order valence-electron chi connectivity index (χ2n) is 6.84. The molecule has 1 saturated heterocycles. The number of pyridine rings is 1. The van der Waals surface area contributed by atoms with Crippen molar-refractivity contribution in [3.8, 4) is 0 Å². The van der Waals surface area contributed by atoms with Crippen molar-refractivity contribution in [2.45, 2.75) is 29.6 Å². The normalized spacial score (nSPS) is 14.6. The molecule has 2 heterocycles. The summed E-state index contributed by atoms with van der Waals surface area (Å²) in [6.45, 7) is 3.19. The Balaban J connectivity index is 2.02. The molecule has 1 fully saturated rings. The zero-order valence-corrected chi connectivity index (χ0v) is 15.9. The van der Waals surface area contributed by atoms with E-state index in [0.717, 1.165) is 18.4 Å². The summed E-state index contributed by atoms with van der Waals surface area (Å²) >= 11 is 0. The molecule has 1 aromatic heterocycles. The van der Waals surface area contributed by atoms with Crippen LogP contribution >= 0.6 is 0 Å². The van der Waals surface area contributed by atoms with Gasteiger partial charge < -0.3 is 4.90 Å². The first-order valence-corrected chi connectivity index (χ1v) is 10.5. The molecule has 0 unspecified atom stereocenters. The fourth-order valence-corrected chi connectivity index (χ4v) is 5.17. The molecule has 2 aromatic carbocycles. The van der Waals surface area contributed by atoms with E-state index in [-0.39, 0.29) is 21.3 Å². The fourth-order valence-electron chi connectivity index (χ4n) is 3.53. The number of amides is 1. The molecule has 138 valence electrons. The number of nitrogens with zero attached hydrogens (tertiary/aromatic N) is 2. The van der Waals surface area contributed by atoms with Crippen LogP contribution in [0.5, 0.6) is 0 Å². The maximum atomic E-state index is 13.5. The Morgan fingerprint density at radius 1 is 1.04 bits per heavy atom. The van der Waals surface area contributed by atoms with E-state index in [2.05, 4.69) is 4.98 Å². The maximum absolute atomic E-state index is 13.5. The summed E-state index contributed by atoms with van der Waals surface area (Å²) in [5.74, 6) is -0.266. The van der Waals surface area contributed by atoms with Crippen molar-refractivity contribution >= 4 is 26.6 Å². The van der Waals surface area contributed by atoms with Crippen LogP contribution in [-0.2, 0) is 9.84 Å². The van der Waals surface area contributed by atoms with Gasteiger partial charge in [-0.05, 0) is 44.0 Å². The van der Waals surface area contributed by atoms with Gasteiger partial charge in [0.25, 0.3) is 5.91 Å². The number of carbonyl (C=O) groups excluding carboxylic acids is 1. The van der Waals surface area contributed by atoms with Crippen molar-refractivity contribution in [1.29, 1.82) is 0 Å². The van der Waals surface area contributed by atoms with Gasteiger partial charge in [0, 0.05) is 24.7 Å². The number of sulfone groups is 1. The Bertz CT molecular complexity index is 1120. The van der Waals surface area contributed by atoms with Crippen LogP contribution in [-0.4, -0.2) is 37.3 Å². The van der Waals surface area contributed by atoms with Crippen molar-refractivity contribution in [2.75, 3.05) is 13.1 Å². The van der Waals surface area contributed by atoms with E-state index in [1.807, 2.05) is 13.0 Å². The standard InChI is InChI=1S/C21H20N2O3S/c1-15-9-10-19-17(13-15)20(27(25,26)16-7-3-2-4-8-16)18(14-22-19)21(24)23-11-5-6-12-23/h2-4,7-10,13-14H,5-6,11-12H2,1H3. The van der Waals surface area contributed by atoms with E-state index in [4.69, 9.17) is 0 Å². The van der Waals surface area contributed by atoms with Crippen LogP contribution in [0.2, 0.25) is 0 Å². The van der Waals surface area contributed by atoms with Gasteiger partial charge >= 0.3 is 0 Å². The van der Waals surface area contributed by atoms with Crippen LogP contribution in [0.15, 0.2) is 64.5 Å². The van der Waals surface area contributed by atoms with Crippen LogP contribution in [0, 0.1) is 6.92 Å². The highest BCUT2D eigenvalue weighted by Gasteiger charge is 2.30. The highest BCUT2D eigenvalue weighted by atomic mass is 32.2. The number of likely N-dealkylation sites (tertiary alicyclic amines) is 1. The van der Waals surface area contributed by atoms with E-state index in [1.165, 1.54) is 6.20 Å². The third-order valence-electron chi connectivity index (χ3n) is 4.92. The summed E-state index contributed by atoms with van der Waals surface area (Å²) < 4.78 is 27.0. The molecule has 3 aromatic rings. The summed E-state index contributed by atoms with van der Waals surface area (Å²) in [6.07, 6.45) is 3.29. The molecule has 1 aliphatic heterocycles. The Hall–Kier alpha value is -2.73. The largest absolute Gasteiger partial charge is 0.339 e. The predicted octanol–water partition coefficient (Wildman–Crippen LogP) is 3.61. The lowest BCUT2D eigenvalue weighted by Crippen LogP contribution is -2.29. The quantitative estimate of drug-likeness (QED) is 0.696. The van der Waals surface area contributed by atoms with Crippen molar-refractivity contribution in [3.63, 3.8) is 0 Å². The van der Waals surface area contributed by atoms with Crippen LogP contribution < -0.4 is 0 Å². The summed E-state index contributed by atoms with van der Waals surface area (Å²) in [7, 11) is -3.88. The summed E-state index contributed by atoms with van der Waals surface area (Å²) in [6, 6.07) is 13.7. The number of fused-ring (bicyclic) bond motifs is 1. The van der Waals surface area contributed by atoms with Crippen LogP contribution in [0.3, 0.4) is 0 Å². The average molecular weight is 380 g/mol. The third-order valence-corrected chi connectivity index (χ3v) is 6.79. The molecule has 1 aliphatic rings. The second kappa shape index (κ2) is 6.78. The minimum atomic E-state index is -3.88. The lowest BCUT2D eigenvalue weighted by atomic mass is 10.1. The van der Waals surface area contributed by atoms with Crippen molar-refractivity contribution in [3.05, 3.63) is 65.9 Å². The first-order chi connectivity index (χ1) is 13.0. The molecular formula is C21H20N2O3S. The number of rotatable bonds is 3. The lowest BCUT2D eigenvalue weighted by Gasteiger charge is -2.19. The van der Waals surface area contributed by atoms with E-state index in [0.29, 0.717) is 24.0 Å². The number of carbonyl (C=O) groups is 1. The third kappa shape index (κ3) is 3.10. The van der Waals surface area contributed by atoms with E-state index < -0.39 is 9.84 Å². The van der Waals surface area contributed by atoms with E-state index in [1.54, 1.807) is 47.4 Å². The van der Waals surface area contributed by atoms with Gasteiger partial charge in [-0.3, -0.25) is 9.78 Å². The van der Waals surface area contributed by atoms with Gasteiger partial charge in [-0.15, -0.1) is 0 Å². The minimum Gasteiger partial charge on any atom is -0.339 e. The van der Waals surface area contributed by atoms with Crippen molar-refractivity contribution in [1.82, 2.24) is 9.88 Å². The fraction of sp³-hybridized carbons (Fsp3) is 0.238. The van der Waals surface area contributed by atoms with Crippen LogP contribution in [0.4, 0.5) is 0 Å². The molecule has 1 amide bonds. The van der Waals surface area contributed by atoms with Gasteiger partial charge in [-0.25, -0.2) is 8.42 Å². The molecule has 6 heteroatoms. The monoisotopic (exact) mass is 380 g/mol. The molecule has 0 aliphatic carbocycles. The number of benzene rings is 2. The zero-order valence-electron chi connectivity index (χ0n) is 15.1. The molecule has 5 nitrogen and oxygen atoms in total. The minimum absolute atomic E-state index is 0.0549. The molecular weight excluding hydrogens is 360 g/mol. The van der Waals surface area contributed by atoms with E-state index in [9.17, 15) is 13.2 Å². The Labute approximate surface area is 158 Å². The number of aromatic nitrogens is 1. The smallest absolute Gasteiger partial charge is 0.256 e. The van der Waals surface area contributed by atoms with Crippen molar-refractivity contribution < 1.29 is 13.2 Å². The maximum Gasteiger partial charge on any atom is 0.256 e. The SMILES string of the molecule is Cc1ccc2ncc(C(=O)N3CCCC3)c(S(=O)(=O)c3ccccc3)c2c1. The van der Waals surface area contributed by atoms with Gasteiger partial charge in [0.15, 0.2) is 0 Å². The molecule has 27 heavy (non-hydrogen) atoms. The van der Waals surface area contributed by atoms with Gasteiger partial charge in [-0.1, -0.05) is 29.8 Å². The van der Waals surface area contributed by atoms with Gasteiger partial charge in [0.05, 0.1) is 20.9 Å². The molecule has 0 spiro atoms. The zero-order chi connectivity index (χ0) is 19.0. The first-order valence-electron chi connectivity index (χ1n) is 8.97. The van der Waals surface area contributed by atoms with Gasteiger partial charge in [0.2, 0.25) is 9.84 Å². The van der Waals surface area contributed by atoms with Gasteiger partial charge in [-0.2, -0.15) is 0 Å². The number of hydrogen-bond donors (Lipinski definition) is 0. The topological polar surface area (TPSA) is 67.3 Å². The number of aryl methyl sites for hydroxylation is 1. The van der Waals surface area contributed by atoms with E-state index >= 15 is 0 Å². The highest BCUT2D eigenvalue weighted by Crippen LogP contribution is 2.32. The lowest BCUT2D eigenvalue weighted by molar-refractivity contribution is 0.0789. The summed E-state index contributed by atoms with van der Waals surface area (Å²) in [5, 5.41) is 0.490. The number of hydrogen-bond acceptors (Lipinski definition) is 4. The molecule has 0 N–H and O–H groups in total. The Kier molecular flexibility index (Phi) is 4.44. The van der Waals surface area contributed by atoms with Crippen molar-refractivity contribution in [2.24, 2.45) is 0 Å². The summed E-state index contributed by atoms with van der Waals surface area (Å²) in [5.41, 5.74) is 1.63. The Morgan fingerprint density at radius 3 is 2.44 bits per heavy atom. The second-order valence-corrected chi connectivity index (χ2v) is 8.72. The average Bonchev–Trinajstić information content (AvgIpc) is 3.21. The highest BCUT2D eigenvalue weighted by molar-refractivity contribution is 7.91. The van der Waals surface area contributed by atoms with Crippen LogP contribution in [0.1, 0.15) is 28.8 Å². The molecule has 0 atom stereocenters. The van der Waals surface area contributed by atoms with Gasteiger partial charge in [0.1, 0.15) is 0 Å². The van der Waals surface area contributed by atoms with Crippen LogP contribution in [0.25, 0.3) is 10.9 Å². The molecule has 0 saturated carbocycles. The molecule has 4 rings (SSSR count). The first kappa shape index (κ1) is 17.7.